The standard InChI is InChI=1S/C13H24N2O4S/c1-20(19)10-2-7-14-13(18)15-8-5-11(6-9-15)3-4-12(16)17/h11H,2-10H2,1H3,(H,14,18)(H,16,17). The molecule has 116 valence electrons. The van der Waals surface area contributed by atoms with Crippen LogP contribution in [0.1, 0.15) is 32.1 Å². The number of carbonyl (C=O) groups is 2. The number of nitrogens with one attached hydrogen (secondary N) is 1. The number of urea groups is 1. The van der Waals surface area contributed by atoms with E-state index in [0.29, 0.717) is 37.7 Å². The van der Waals surface area contributed by atoms with E-state index in [2.05, 4.69) is 5.32 Å². The molecule has 1 rings (SSSR count). The van der Waals surface area contributed by atoms with Crippen LogP contribution >= 0.6 is 0 Å². The first-order valence-electron chi connectivity index (χ1n) is 7.03. The molecule has 6 nitrogen and oxygen atoms in total. The highest BCUT2D eigenvalue weighted by Crippen LogP contribution is 2.21. The van der Waals surface area contributed by atoms with Gasteiger partial charge in [-0.3, -0.25) is 9.00 Å². The van der Waals surface area contributed by atoms with E-state index in [4.69, 9.17) is 5.11 Å². The zero-order valence-corrected chi connectivity index (χ0v) is 12.8. The first kappa shape index (κ1) is 16.9. The van der Waals surface area contributed by atoms with Gasteiger partial charge in [0.1, 0.15) is 0 Å². The summed E-state index contributed by atoms with van der Waals surface area (Å²) in [6.45, 7) is 1.93. The summed E-state index contributed by atoms with van der Waals surface area (Å²) in [4.78, 5) is 24.2. The van der Waals surface area contributed by atoms with Gasteiger partial charge in [-0.05, 0) is 31.6 Å². The maximum Gasteiger partial charge on any atom is 0.317 e. The quantitative estimate of drug-likeness (QED) is 0.688. The first-order chi connectivity index (χ1) is 9.49. The number of nitrogens with zero attached hydrogens (tertiary/aromatic N) is 1. The van der Waals surface area contributed by atoms with Crippen LogP contribution < -0.4 is 5.32 Å². The third kappa shape index (κ3) is 6.88. The number of carboxylic acids is 1. The normalized spacial score (nSPS) is 17.8. The molecule has 1 aliphatic rings. The minimum atomic E-state index is -0.809. The van der Waals surface area contributed by atoms with Crippen LogP contribution in [-0.4, -0.2) is 57.9 Å². The lowest BCUT2D eigenvalue weighted by atomic mass is 9.92. The lowest BCUT2D eigenvalue weighted by Gasteiger charge is -2.31. The van der Waals surface area contributed by atoms with Crippen molar-refractivity contribution in [3.8, 4) is 0 Å². The molecule has 0 radical (unpaired) electrons. The van der Waals surface area contributed by atoms with E-state index < -0.39 is 16.8 Å². The van der Waals surface area contributed by atoms with Crippen LogP contribution in [0.4, 0.5) is 4.79 Å². The fourth-order valence-electron chi connectivity index (χ4n) is 2.33. The Hall–Kier alpha value is -1.11. The van der Waals surface area contributed by atoms with Gasteiger partial charge in [-0.2, -0.15) is 0 Å². The molecule has 0 spiro atoms. The average molecular weight is 304 g/mol. The summed E-state index contributed by atoms with van der Waals surface area (Å²) in [5, 5.41) is 11.5. The van der Waals surface area contributed by atoms with Gasteiger partial charge in [0.15, 0.2) is 0 Å². The van der Waals surface area contributed by atoms with Crippen molar-refractivity contribution in [3.63, 3.8) is 0 Å². The predicted octanol–water partition coefficient (Wildman–Crippen LogP) is 1.04. The van der Waals surface area contributed by atoms with E-state index in [1.54, 1.807) is 11.2 Å². The van der Waals surface area contributed by atoms with Gasteiger partial charge >= 0.3 is 12.0 Å². The number of hydrogen-bond acceptors (Lipinski definition) is 3. The zero-order valence-electron chi connectivity index (χ0n) is 12.0. The summed E-state index contributed by atoms with van der Waals surface area (Å²) < 4.78 is 10.9. The Balaban J connectivity index is 2.15. The fourth-order valence-corrected chi connectivity index (χ4v) is 2.89. The van der Waals surface area contributed by atoms with E-state index in [1.165, 1.54) is 0 Å². The molecular weight excluding hydrogens is 280 g/mol. The zero-order chi connectivity index (χ0) is 15.0. The predicted molar refractivity (Wildman–Crippen MR) is 78.1 cm³/mol. The summed E-state index contributed by atoms with van der Waals surface area (Å²) in [6, 6.07) is -0.0661. The molecule has 0 aromatic carbocycles. The molecule has 0 aliphatic carbocycles. The highest BCUT2D eigenvalue weighted by atomic mass is 32.2. The van der Waals surface area contributed by atoms with Gasteiger partial charge in [0.05, 0.1) is 0 Å². The minimum Gasteiger partial charge on any atom is -0.481 e. The summed E-state index contributed by atoms with van der Waals surface area (Å²) in [5.74, 6) is 0.272. The molecular formula is C13H24N2O4S. The number of carboxylic acid groups (broad SMARTS) is 1. The van der Waals surface area contributed by atoms with Crippen molar-refractivity contribution in [1.29, 1.82) is 0 Å². The van der Waals surface area contributed by atoms with Crippen LogP contribution in [0.25, 0.3) is 0 Å². The van der Waals surface area contributed by atoms with Gasteiger partial charge < -0.3 is 15.3 Å². The van der Waals surface area contributed by atoms with Crippen LogP contribution in [0.2, 0.25) is 0 Å². The molecule has 2 N–H and O–H groups in total. The second-order valence-corrected chi connectivity index (χ2v) is 6.78. The second-order valence-electron chi connectivity index (χ2n) is 5.23. The topological polar surface area (TPSA) is 86.7 Å². The molecule has 0 aromatic heterocycles. The van der Waals surface area contributed by atoms with Crippen molar-refractivity contribution in [1.82, 2.24) is 10.2 Å². The number of carbonyl (C=O) groups excluding carboxylic acids is 1. The monoisotopic (exact) mass is 304 g/mol. The van der Waals surface area contributed by atoms with E-state index in [0.717, 1.165) is 19.3 Å². The van der Waals surface area contributed by atoms with Crippen molar-refractivity contribution >= 4 is 22.8 Å². The van der Waals surface area contributed by atoms with Crippen LogP contribution in [0.3, 0.4) is 0 Å². The molecule has 0 bridgehead atoms. The SMILES string of the molecule is CS(=O)CCCNC(=O)N1CCC(CCC(=O)O)CC1. The van der Waals surface area contributed by atoms with Crippen molar-refractivity contribution in [2.75, 3.05) is 31.6 Å². The summed E-state index contributed by atoms with van der Waals surface area (Å²) in [7, 11) is -0.809. The van der Waals surface area contributed by atoms with Crippen LogP contribution in [0.15, 0.2) is 0 Å². The average Bonchev–Trinajstić information content (AvgIpc) is 2.41. The van der Waals surface area contributed by atoms with Gasteiger partial charge in [-0.15, -0.1) is 0 Å². The van der Waals surface area contributed by atoms with E-state index in [1.807, 2.05) is 0 Å². The third-order valence-corrected chi connectivity index (χ3v) is 4.42. The molecule has 1 aliphatic heterocycles. The highest BCUT2D eigenvalue weighted by molar-refractivity contribution is 7.84. The smallest absolute Gasteiger partial charge is 0.317 e. The molecule has 7 heteroatoms. The largest absolute Gasteiger partial charge is 0.481 e. The van der Waals surface area contributed by atoms with Crippen molar-refractivity contribution in [2.24, 2.45) is 5.92 Å². The summed E-state index contributed by atoms with van der Waals surface area (Å²) in [5.41, 5.74) is 0. The highest BCUT2D eigenvalue weighted by Gasteiger charge is 2.22. The lowest BCUT2D eigenvalue weighted by Crippen LogP contribution is -2.44. The number of piperidine rings is 1. The Morgan fingerprint density at radius 2 is 2.00 bits per heavy atom. The molecule has 1 atom stereocenters. The van der Waals surface area contributed by atoms with Gasteiger partial charge in [-0.25, -0.2) is 4.79 Å². The Morgan fingerprint density at radius 1 is 1.35 bits per heavy atom. The van der Waals surface area contributed by atoms with Crippen LogP contribution in [0.5, 0.6) is 0 Å². The Labute approximate surface area is 122 Å². The van der Waals surface area contributed by atoms with Crippen molar-refractivity contribution < 1.29 is 18.9 Å². The number of rotatable bonds is 7. The molecule has 1 saturated heterocycles. The van der Waals surface area contributed by atoms with Crippen LogP contribution in [-0.2, 0) is 15.6 Å². The van der Waals surface area contributed by atoms with Crippen molar-refractivity contribution in [3.05, 3.63) is 0 Å². The third-order valence-electron chi connectivity index (χ3n) is 3.55. The number of likely N-dealkylation sites (tertiary alicyclic amines) is 1. The molecule has 20 heavy (non-hydrogen) atoms. The fraction of sp³-hybridized carbons (Fsp3) is 0.846. The Bertz CT molecular complexity index is 354. The molecule has 0 aromatic rings. The van der Waals surface area contributed by atoms with Crippen molar-refractivity contribution in [2.45, 2.75) is 32.1 Å². The molecule has 1 unspecified atom stereocenters. The maximum atomic E-state index is 11.9. The van der Waals surface area contributed by atoms with Gasteiger partial charge in [-0.1, -0.05) is 0 Å². The number of amides is 2. The first-order valence-corrected chi connectivity index (χ1v) is 8.76. The number of aliphatic carboxylic acids is 1. The summed E-state index contributed by atoms with van der Waals surface area (Å²) in [6.07, 6.45) is 5.05. The molecule has 2 amide bonds. The van der Waals surface area contributed by atoms with Crippen LogP contribution in [0, 0.1) is 5.92 Å². The van der Waals surface area contributed by atoms with E-state index >= 15 is 0 Å². The second kappa shape index (κ2) is 8.94. The van der Waals surface area contributed by atoms with Gasteiger partial charge in [0, 0.05) is 48.9 Å². The molecule has 1 heterocycles. The van der Waals surface area contributed by atoms with E-state index in [-0.39, 0.29) is 12.5 Å². The minimum absolute atomic E-state index is 0.0661. The Morgan fingerprint density at radius 3 is 2.55 bits per heavy atom. The Kier molecular flexibility index (Phi) is 7.58. The summed E-state index contributed by atoms with van der Waals surface area (Å²) >= 11 is 0. The van der Waals surface area contributed by atoms with Gasteiger partial charge in [0.2, 0.25) is 0 Å². The van der Waals surface area contributed by atoms with E-state index in [9.17, 15) is 13.8 Å². The molecule has 1 fully saturated rings. The maximum absolute atomic E-state index is 11.9. The lowest BCUT2D eigenvalue weighted by molar-refractivity contribution is -0.137. The molecule has 0 saturated carbocycles. The van der Waals surface area contributed by atoms with Gasteiger partial charge in [0.25, 0.3) is 0 Å². The number of hydrogen-bond donors (Lipinski definition) is 2.